The molecule has 0 saturated heterocycles. The molecule has 15 heteroatoms. The molecule has 1 N–H and O–H groups in total. The Morgan fingerprint density at radius 1 is 1.17 bits per heavy atom. The average molecular weight is 518 g/mol. The van der Waals surface area contributed by atoms with E-state index in [1.165, 1.54) is 43.6 Å². The maximum absolute atomic E-state index is 13.3. The summed E-state index contributed by atoms with van der Waals surface area (Å²) in [5, 5.41) is 9.19. The van der Waals surface area contributed by atoms with E-state index in [9.17, 15) is 31.4 Å². The van der Waals surface area contributed by atoms with E-state index >= 15 is 0 Å². The molecule has 0 radical (unpaired) electrons. The highest BCUT2D eigenvalue weighted by Crippen LogP contribution is 2.36. The summed E-state index contributed by atoms with van der Waals surface area (Å²) >= 11 is 0. The zero-order valence-corrected chi connectivity index (χ0v) is 19.4. The van der Waals surface area contributed by atoms with Crippen LogP contribution in [-0.4, -0.2) is 53.6 Å². The molecule has 0 amide bonds. The molecule has 3 aromatic heterocycles. The fourth-order valence-electron chi connectivity index (χ4n) is 2.81. The van der Waals surface area contributed by atoms with Gasteiger partial charge in [-0.3, -0.25) is 4.40 Å². The minimum absolute atomic E-state index is 0.00403. The molecule has 0 aromatic carbocycles. The minimum atomic E-state index is -5.80. The molecule has 35 heavy (non-hydrogen) atoms. The number of rotatable bonds is 8. The highest BCUT2D eigenvalue weighted by Gasteiger charge is 2.58. The van der Waals surface area contributed by atoms with Crippen LogP contribution >= 0.6 is 0 Å². The van der Waals surface area contributed by atoms with Crippen molar-refractivity contribution in [3.05, 3.63) is 30.9 Å². The SMILES string of the molecule is CCS(=N)(=O)c1cc(OC(C)(C)C#N)cnc1-c1ncc2c(OCC(F)(F)C(F)(F)F)nccn12. The van der Waals surface area contributed by atoms with Crippen molar-refractivity contribution >= 4 is 15.2 Å². The molecule has 0 aliphatic carbocycles. The van der Waals surface area contributed by atoms with Crippen molar-refractivity contribution in [2.24, 2.45) is 0 Å². The molecule has 3 heterocycles. The Labute approximate surface area is 196 Å². The van der Waals surface area contributed by atoms with Crippen LogP contribution in [0.1, 0.15) is 20.8 Å². The maximum Gasteiger partial charge on any atom is 0.456 e. The van der Waals surface area contributed by atoms with Gasteiger partial charge in [-0.1, -0.05) is 6.92 Å². The number of nitrogens with one attached hydrogen (secondary N) is 1. The quantitative estimate of drug-likeness (QED) is 0.436. The molecule has 0 aliphatic rings. The smallest absolute Gasteiger partial charge is 0.456 e. The minimum Gasteiger partial charge on any atom is -0.471 e. The van der Waals surface area contributed by atoms with E-state index in [0.29, 0.717) is 0 Å². The summed E-state index contributed by atoms with van der Waals surface area (Å²) in [6, 6.07) is 3.23. The van der Waals surface area contributed by atoms with Crippen molar-refractivity contribution in [3.8, 4) is 29.2 Å². The van der Waals surface area contributed by atoms with Gasteiger partial charge in [-0.25, -0.2) is 23.9 Å². The van der Waals surface area contributed by atoms with Crippen LogP contribution in [0.15, 0.2) is 35.7 Å². The van der Waals surface area contributed by atoms with Crippen LogP contribution in [0.2, 0.25) is 0 Å². The fourth-order valence-corrected chi connectivity index (χ4v) is 3.88. The van der Waals surface area contributed by atoms with Crippen molar-refractivity contribution in [1.29, 1.82) is 10.0 Å². The first-order valence-electron chi connectivity index (χ1n) is 9.88. The molecule has 0 aliphatic heterocycles. The number of aromatic nitrogens is 4. The summed E-state index contributed by atoms with van der Waals surface area (Å²) in [4.78, 5) is 12.0. The van der Waals surface area contributed by atoms with Crippen LogP contribution < -0.4 is 9.47 Å². The summed E-state index contributed by atoms with van der Waals surface area (Å²) in [5.74, 6) is -5.67. The van der Waals surface area contributed by atoms with Crippen molar-refractivity contribution in [2.45, 2.75) is 43.4 Å². The Balaban J connectivity index is 2.09. The molecule has 1 unspecified atom stereocenters. The Morgan fingerprint density at radius 2 is 1.86 bits per heavy atom. The van der Waals surface area contributed by atoms with Gasteiger partial charge in [-0.15, -0.1) is 0 Å². The molecule has 188 valence electrons. The third kappa shape index (κ3) is 5.26. The lowest BCUT2D eigenvalue weighted by Gasteiger charge is -2.20. The third-order valence-corrected chi connectivity index (χ3v) is 6.51. The lowest BCUT2D eigenvalue weighted by molar-refractivity contribution is -0.290. The van der Waals surface area contributed by atoms with Gasteiger partial charge in [0.2, 0.25) is 5.88 Å². The van der Waals surface area contributed by atoms with E-state index in [0.717, 1.165) is 12.4 Å². The molecular weight excluding hydrogens is 499 g/mol. The molecule has 0 spiro atoms. The second kappa shape index (κ2) is 8.91. The van der Waals surface area contributed by atoms with Gasteiger partial charge in [0.25, 0.3) is 0 Å². The number of hydrogen-bond donors (Lipinski definition) is 1. The highest BCUT2D eigenvalue weighted by atomic mass is 32.2. The van der Waals surface area contributed by atoms with Crippen LogP contribution in [0.25, 0.3) is 17.0 Å². The number of nitriles is 1. The van der Waals surface area contributed by atoms with Crippen molar-refractivity contribution in [1.82, 2.24) is 19.4 Å². The summed E-state index contributed by atoms with van der Waals surface area (Å²) in [6.45, 7) is 2.52. The normalized spacial score (nSPS) is 14.4. The molecule has 1 atom stereocenters. The standard InChI is InChI=1S/C20H19F5N6O3S/c1-4-35(27,32)14-7-12(34-18(2,3)10-26)8-29-15(14)16-30-9-13-17(28-5-6-31(13)16)33-11-19(21,22)20(23,24)25/h5-9,27H,4,11H2,1-3H3. The predicted octanol–water partition coefficient (Wildman–Crippen LogP) is 4.47. The first kappa shape index (κ1) is 26.1. The van der Waals surface area contributed by atoms with Gasteiger partial charge in [-0.05, 0) is 13.8 Å². The molecule has 0 bridgehead atoms. The maximum atomic E-state index is 13.3. The third-order valence-electron chi connectivity index (χ3n) is 4.67. The number of alkyl halides is 5. The number of hydrogen-bond acceptors (Lipinski definition) is 8. The molecule has 3 rings (SSSR count). The van der Waals surface area contributed by atoms with Gasteiger partial charge >= 0.3 is 12.1 Å². The monoisotopic (exact) mass is 518 g/mol. The van der Waals surface area contributed by atoms with E-state index in [1.54, 1.807) is 0 Å². The first-order chi connectivity index (χ1) is 16.1. The summed E-state index contributed by atoms with van der Waals surface area (Å²) in [5.41, 5.74) is -1.33. The Morgan fingerprint density at radius 3 is 2.46 bits per heavy atom. The van der Waals surface area contributed by atoms with E-state index in [1.807, 2.05) is 6.07 Å². The zero-order valence-electron chi connectivity index (χ0n) is 18.6. The summed E-state index contributed by atoms with van der Waals surface area (Å²) in [6.07, 6.45) is -1.06. The highest BCUT2D eigenvalue weighted by molar-refractivity contribution is 7.92. The van der Waals surface area contributed by atoms with Crippen LogP contribution in [0.4, 0.5) is 22.0 Å². The Hall–Kier alpha value is -3.54. The second-order valence-electron chi connectivity index (χ2n) is 7.77. The van der Waals surface area contributed by atoms with Crippen molar-refractivity contribution < 1.29 is 35.6 Å². The van der Waals surface area contributed by atoms with Crippen molar-refractivity contribution in [2.75, 3.05) is 12.4 Å². The molecule has 0 saturated carbocycles. The predicted molar refractivity (Wildman–Crippen MR) is 113 cm³/mol. The Kier molecular flexibility index (Phi) is 6.64. The zero-order chi connectivity index (χ0) is 26.2. The second-order valence-corrected chi connectivity index (χ2v) is 10.1. The number of pyridine rings is 1. The average Bonchev–Trinajstić information content (AvgIpc) is 3.21. The van der Waals surface area contributed by atoms with E-state index in [2.05, 4.69) is 19.7 Å². The number of halogens is 5. The van der Waals surface area contributed by atoms with Gasteiger partial charge < -0.3 is 9.47 Å². The molecule has 0 fully saturated rings. The summed E-state index contributed by atoms with van der Waals surface area (Å²) in [7, 11) is -3.41. The van der Waals surface area contributed by atoms with Crippen LogP contribution in [0, 0.1) is 16.1 Å². The number of imidazole rings is 1. The Bertz CT molecular complexity index is 1400. The fraction of sp³-hybridized carbons (Fsp3) is 0.400. The van der Waals surface area contributed by atoms with E-state index in [-0.39, 0.29) is 33.4 Å². The lowest BCUT2D eigenvalue weighted by Crippen LogP contribution is -2.41. The molecular formula is C20H19F5N6O3S. The van der Waals surface area contributed by atoms with E-state index in [4.69, 9.17) is 9.52 Å². The lowest BCUT2D eigenvalue weighted by atomic mass is 10.2. The summed E-state index contributed by atoms with van der Waals surface area (Å²) < 4.78 is 96.8. The van der Waals surface area contributed by atoms with Crippen LogP contribution in [-0.2, 0) is 9.73 Å². The topological polar surface area (TPSA) is 126 Å². The van der Waals surface area contributed by atoms with Gasteiger partial charge in [0.1, 0.15) is 23.0 Å². The van der Waals surface area contributed by atoms with Gasteiger partial charge in [0, 0.05) is 24.2 Å². The van der Waals surface area contributed by atoms with Gasteiger partial charge in [0.05, 0.1) is 27.0 Å². The van der Waals surface area contributed by atoms with Crippen LogP contribution in [0.5, 0.6) is 11.6 Å². The number of fused-ring (bicyclic) bond motifs is 1. The van der Waals surface area contributed by atoms with Crippen LogP contribution in [0.3, 0.4) is 0 Å². The molecule has 9 nitrogen and oxygen atoms in total. The number of nitrogens with zero attached hydrogens (tertiary/aromatic N) is 5. The van der Waals surface area contributed by atoms with Gasteiger partial charge in [-0.2, -0.15) is 27.2 Å². The molecule has 3 aromatic rings. The largest absolute Gasteiger partial charge is 0.471 e. The van der Waals surface area contributed by atoms with E-state index < -0.39 is 39.9 Å². The van der Waals surface area contributed by atoms with Crippen molar-refractivity contribution in [3.63, 3.8) is 0 Å². The van der Waals surface area contributed by atoms with Gasteiger partial charge in [0.15, 0.2) is 18.0 Å². The number of ether oxygens (including phenoxy) is 2. The first-order valence-corrected chi connectivity index (χ1v) is 11.6.